The summed E-state index contributed by atoms with van der Waals surface area (Å²) < 4.78 is 0. The number of nitrogens with zero attached hydrogens (tertiary/aromatic N) is 4. The molecule has 0 spiro atoms. The molecule has 818 valence electrons. The molecule has 24 heteroatoms. The number of aliphatic carboxylic acids is 4. The minimum atomic E-state index is -0.998. The van der Waals surface area contributed by atoms with Crippen LogP contribution in [0.4, 0.5) is 9.59 Å². The summed E-state index contributed by atoms with van der Waals surface area (Å²) in [6, 6.07) is 0.123. The predicted octanol–water partition coefficient (Wildman–Crippen LogP) is 30.9. The molecule has 1 aromatic rings. The molecular formula is C118H208N6O14S4. The molecule has 1 aromatic heterocycles. The van der Waals surface area contributed by atoms with Crippen LogP contribution in [-0.2, 0) is 33.6 Å². The Morgan fingerprint density at radius 1 is 0.366 bits per heavy atom. The zero-order chi connectivity index (χ0) is 106. The van der Waals surface area contributed by atoms with Crippen LogP contribution in [0, 0.1) is 82.9 Å². The number of urea groups is 2. The summed E-state index contributed by atoms with van der Waals surface area (Å²) in [5.74, 6) is 9.47. The first kappa shape index (κ1) is 134. The van der Waals surface area contributed by atoms with Crippen molar-refractivity contribution in [2.75, 3.05) is 66.4 Å². The number of allylic oxidation sites excluding steroid dienone is 4. The van der Waals surface area contributed by atoms with Crippen LogP contribution in [0.15, 0.2) is 70.0 Å². The molecule has 4 rings (SSSR count). The molecule has 142 heavy (non-hydrogen) atoms. The number of Topliss-reactive ketones (excluding diaryl/α,β-unsaturated/α-hetero) is 3. The second kappa shape index (κ2) is 81.4. The van der Waals surface area contributed by atoms with Gasteiger partial charge in [-0.15, -0.1) is 11.8 Å². The Morgan fingerprint density at radius 3 is 0.958 bits per heavy atom. The molecule has 3 saturated heterocycles. The molecule has 4 heterocycles. The topological polar surface area (TPSA) is 298 Å². The maximum atomic E-state index is 12.7. The number of thioether (sulfide) groups is 4. The van der Waals surface area contributed by atoms with Gasteiger partial charge in [0.15, 0.2) is 17.3 Å². The largest absolute Gasteiger partial charge is 0.481 e. The van der Waals surface area contributed by atoms with Gasteiger partial charge in [-0.2, -0.15) is 35.3 Å². The molecule has 6 N–H and O–H groups in total. The van der Waals surface area contributed by atoms with E-state index < -0.39 is 71.9 Å². The van der Waals surface area contributed by atoms with Gasteiger partial charge in [0.1, 0.15) is 12.1 Å². The van der Waals surface area contributed by atoms with Crippen molar-refractivity contribution < 1.29 is 68.4 Å². The molecule has 0 aliphatic carbocycles. The third kappa shape index (κ3) is 69.6. The number of likely N-dealkylation sites (tertiary alicyclic amines) is 3. The van der Waals surface area contributed by atoms with E-state index in [-0.39, 0.29) is 29.7 Å². The molecule has 0 bridgehead atoms. The summed E-state index contributed by atoms with van der Waals surface area (Å²) >= 11 is 6.54. The van der Waals surface area contributed by atoms with Crippen LogP contribution in [0.3, 0.4) is 0 Å². The number of amides is 5. The fourth-order valence-electron chi connectivity index (χ4n) is 18.6. The van der Waals surface area contributed by atoms with E-state index in [0.29, 0.717) is 74.7 Å². The lowest BCUT2D eigenvalue weighted by Crippen LogP contribution is -2.60. The third-order valence-corrected chi connectivity index (χ3v) is 32.9. The van der Waals surface area contributed by atoms with Crippen LogP contribution < -0.4 is 10.6 Å². The Labute approximate surface area is 883 Å². The average Bonchev–Trinajstić information content (AvgIpc) is 0.843. The highest BCUT2D eigenvalue weighted by molar-refractivity contribution is 8.00. The average molecular weight is 2060 g/mol. The molecule has 3 aliphatic rings. The standard InChI is InChI=1S/C31H56N2O4S.C31H55NO5S.C29H52N2O4S.C27H45NOS/c1-23(2)12-9-13-24(3)14-10-15-25(4)16-11-17-26(5)19-21-38-22-28(27(6)34)32-31(37)33-20-8-7-18-29(33)30(35)36;1-23(2)9-6-10-24(3)11-7-12-25(4)13-8-14-26(5)17-20-38-22-28(31(36)37)21-29(33)32-18-15-27(16-19-32)30(34)35;1-21(2)10-7-11-22(3)12-8-13-23(4)14-9-15-24(5)17-19-36-20-26(25(6)32)30-29(35)31-18-16-27(31)28(33)34;1-21(2)10-7-11-22(3)12-8-13-23(4)14-9-15-24(5)18-19-30-27-17-16-26(20-28-27)25(6)29/h19,23-25,28-29H,7-18,20-22H2,1-6H3,(H,32,37)(H,35,36);17,23-25,27-28H,6-16,18-22H2,1-5H3,(H,34,35)(H,36,37);17,21-23,26-27H,7-16,18-20H2,1-6H3,(H,30,35)(H,33,34);16-18,20-23H,7-15,19H2,1-6H3/b26-19+;26-17+;24-17+;24-18+/t;;22?,23?,26-,27?;/m..0./s1. The quantitative estimate of drug-likeness (QED) is 0.0153. The summed E-state index contributed by atoms with van der Waals surface area (Å²) in [5.41, 5.74) is 6.27. The maximum Gasteiger partial charge on any atom is 0.326 e. The number of carbonyl (C=O) groups is 10. The summed E-state index contributed by atoms with van der Waals surface area (Å²) in [5, 5.41) is 43.7. The lowest BCUT2D eigenvalue weighted by Gasteiger charge is -2.38. The number of rotatable bonds is 74. The van der Waals surface area contributed by atoms with Crippen LogP contribution in [0.25, 0.3) is 0 Å². The van der Waals surface area contributed by atoms with Crippen molar-refractivity contribution >= 4 is 106 Å². The van der Waals surface area contributed by atoms with E-state index in [1.54, 1.807) is 65.1 Å². The van der Waals surface area contributed by atoms with Crippen molar-refractivity contribution in [3.8, 4) is 0 Å². The zero-order valence-corrected chi connectivity index (χ0v) is 97.2. The van der Waals surface area contributed by atoms with Crippen molar-refractivity contribution in [2.45, 2.75) is 465 Å². The van der Waals surface area contributed by atoms with E-state index in [9.17, 15) is 58.2 Å². The van der Waals surface area contributed by atoms with Crippen molar-refractivity contribution in [1.82, 2.24) is 30.3 Å². The van der Waals surface area contributed by atoms with Gasteiger partial charge in [0.2, 0.25) is 5.91 Å². The molecular weight excluding hydrogens is 1850 g/mol. The molecule has 3 aliphatic heterocycles. The second-order valence-corrected chi connectivity index (χ2v) is 49.6. The van der Waals surface area contributed by atoms with E-state index in [4.69, 9.17) is 10.2 Å². The van der Waals surface area contributed by atoms with Crippen molar-refractivity contribution in [1.29, 1.82) is 0 Å². The molecule has 20 nitrogen and oxygen atoms in total. The maximum absolute atomic E-state index is 12.7. The van der Waals surface area contributed by atoms with Gasteiger partial charge < -0.3 is 45.8 Å². The first-order valence-electron chi connectivity index (χ1n) is 56.1. The van der Waals surface area contributed by atoms with E-state index in [1.165, 1.54) is 258 Å². The number of ketones is 3. The SMILES string of the molecule is C/C(=C\CSCC(CC(=O)N1CCC(C(=O)O)CC1)C(=O)O)CCCC(C)CCCC(C)CCCC(C)C.CC(=O)C(CSC/C=C(\C)CCCC(C)CCCC(C)CCCC(C)C)NC(=O)N1CCCCC1C(=O)O.CC(=O)[C@H](CSC/C=C(\C)CCCC(C)CCCC(C)CCCC(C)C)NC(=O)N1CCC1C(=O)O.CC(=O)c1ccc(SC/C=C(\C)CCCC(C)CCCC(C)CCCC(C)C)nc1. The highest BCUT2D eigenvalue weighted by atomic mass is 32.2. The number of carboxylic acids is 4. The zero-order valence-electron chi connectivity index (χ0n) is 93.9. The minimum Gasteiger partial charge on any atom is -0.481 e. The highest BCUT2D eigenvalue weighted by Crippen LogP contribution is 2.31. The van der Waals surface area contributed by atoms with Crippen LogP contribution in [0.2, 0.25) is 0 Å². The van der Waals surface area contributed by atoms with Crippen LogP contribution >= 0.6 is 47.0 Å². The van der Waals surface area contributed by atoms with Gasteiger partial charge in [-0.3, -0.25) is 28.8 Å². The third-order valence-electron chi connectivity index (χ3n) is 29.1. The number of nitrogens with one attached hydrogen (secondary N) is 2. The van der Waals surface area contributed by atoms with Gasteiger partial charge in [-0.1, -0.05) is 337 Å². The predicted molar refractivity (Wildman–Crippen MR) is 604 cm³/mol. The van der Waals surface area contributed by atoms with Gasteiger partial charge in [0.05, 0.1) is 28.9 Å². The molecule has 13 atom stereocenters. The molecule has 0 aromatic carbocycles. The van der Waals surface area contributed by atoms with Crippen LogP contribution in [0.5, 0.6) is 0 Å². The number of carbonyl (C=O) groups excluding carboxylic acids is 6. The van der Waals surface area contributed by atoms with E-state index >= 15 is 0 Å². The second-order valence-electron chi connectivity index (χ2n) is 45.3. The highest BCUT2D eigenvalue weighted by Gasteiger charge is 2.39. The molecule has 5 amide bonds. The van der Waals surface area contributed by atoms with E-state index in [1.807, 2.05) is 12.1 Å². The summed E-state index contributed by atoms with van der Waals surface area (Å²) in [6.45, 7) is 52.6. The number of hydrogen-bond acceptors (Lipinski definition) is 15. The van der Waals surface area contributed by atoms with E-state index in [0.717, 1.165) is 131 Å². The number of hydrogen-bond donors (Lipinski definition) is 6. The van der Waals surface area contributed by atoms with Gasteiger partial charge in [0.25, 0.3) is 0 Å². The van der Waals surface area contributed by atoms with Crippen molar-refractivity contribution in [3.63, 3.8) is 0 Å². The normalized spacial score (nSPS) is 17.4. The van der Waals surface area contributed by atoms with Gasteiger partial charge in [0, 0.05) is 84.6 Å². The fraction of sp³-hybridized carbons (Fsp3) is 0.805. The Kier molecular flexibility index (Phi) is 77.0. The Bertz CT molecular complexity index is 3750. The first-order valence-corrected chi connectivity index (χ1v) is 60.5. The molecule has 0 saturated carbocycles. The minimum absolute atomic E-state index is 0.0165. The fourth-order valence-corrected chi connectivity index (χ4v) is 22.7. The Balaban J connectivity index is 0.000000950. The van der Waals surface area contributed by atoms with Crippen molar-refractivity contribution in [2.24, 2.45) is 82.9 Å². The van der Waals surface area contributed by atoms with Crippen LogP contribution in [-0.4, -0.2) is 190 Å². The number of pyridine rings is 1. The Hall–Kier alpha value is -5.59. The van der Waals surface area contributed by atoms with Crippen molar-refractivity contribution in [3.05, 3.63) is 70.5 Å². The summed E-state index contributed by atoms with van der Waals surface area (Å²) in [6.07, 6.45) is 61.3. The number of carboxylic acid groups (broad SMARTS) is 4. The van der Waals surface area contributed by atoms with Crippen LogP contribution in [0.1, 0.15) is 446 Å². The van der Waals surface area contributed by atoms with Gasteiger partial charge >= 0.3 is 35.9 Å². The van der Waals surface area contributed by atoms with Gasteiger partial charge in [-0.25, -0.2) is 24.2 Å². The monoisotopic (exact) mass is 2060 g/mol. The lowest BCUT2D eigenvalue weighted by molar-refractivity contribution is -0.147. The lowest BCUT2D eigenvalue weighted by atomic mass is 9.91. The first-order chi connectivity index (χ1) is 67.3. The number of aromatic nitrogens is 1. The van der Waals surface area contributed by atoms with Gasteiger partial charge in [-0.05, 0) is 222 Å². The smallest absolute Gasteiger partial charge is 0.326 e. The molecule has 0 radical (unpaired) electrons. The number of piperidine rings is 2. The molecule has 3 fully saturated rings. The summed E-state index contributed by atoms with van der Waals surface area (Å²) in [4.78, 5) is 127. The Morgan fingerprint density at radius 2 is 0.676 bits per heavy atom. The molecule has 12 unspecified atom stereocenters. The van der Waals surface area contributed by atoms with E-state index in [2.05, 4.69) is 178 Å². The summed E-state index contributed by atoms with van der Waals surface area (Å²) in [7, 11) is 0.